The summed E-state index contributed by atoms with van der Waals surface area (Å²) >= 11 is 5.52. The van der Waals surface area contributed by atoms with Crippen molar-refractivity contribution >= 4 is 38.1 Å². The molecule has 1 aromatic heterocycles. The molecule has 8 heteroatoms. The quantitative estimate of drug-likeness (QED) is 0.748. The number of carbonyl (C=O) groups excluding carboxylic acids is 1. The third kappa shape index (κ3) is 2.80. The predicted molar refractivity (Wildman–Crippen MR) is 56.9 cm³/mol. The van der Waals surface area contributed by atoms with E-state index in [1.165, 1.54) is 6.07 Å². The first kappa shape index (κ1) is 11.7. The zero-order chi connectivity index (χ0) is 11.6. The van der Waals surface area contributed by atoms with Gasteiger partial charge in [0.25, 0.3) is 15.1 Å². The Hall–Kier alpha value is -1.34. The number of nitrogen functional groups attached to an aromatic ring is 1. The van der Waals surface area contributed by atoms with E-state index in [0.717, 1.165) is 13.1 Å². The number of hydrogen-bond acceptors (Lipinski definition) is 5. The molecule has 1 rings (SSSR count). The Bertz CT molecular complexity index is 500. The average Bonchev–Trinajstić information content (AvgIpc) is 2.09. The number of nitrogens with zero attached hydrogens (tertiary/aromatic N) is 1. The van der Waals surface area contributed by atoms with Crippen molar-refractivity contribution in [2.75, 3.05) is 10.5 Å². The minimum atomic E-state index is -4.04. The van der Waals surface area contributed by atoms with Crippen molar-refractivity contribution in [3.63, 3.8) is 0 Å². The molecular weight excluding hydrogens is 242 g/mol. The van der Waals surface area contributed by atoms with Crippen LogP contribution in [0.1, 0.15) is 6.92 Å². The first-order chi connectivity index (χ1) is 6.83. The van der Waals surface area contributed by atoms with Crippen LogP contribution in [0.25, 0.3) is 0 Å². The first-order valence-corrected chi connectivity index (χ1v) is 5.63. The van der Waals surface area contributed by atoms with Gasteiger partial charge in [-0.05, 0) is 0 Å². The molecule has 0 radical (unpaired) electrons. The summed E-state index contributed by atoms with van der Waals surface area (Å²) in [5, 5.41) is -0.866. The van der Waals surface area contributed by atoms with Gasteiger partial charge in [-0.25, -0.2) is 4.98 Å². The van der Waals surface area contributed by atoms with Gasteiger partial charge in [0.2, 0.25) is 0 Å². The molecule has 0 aliphatic heterocycles. The summed E-state index contributed by atoms with van der Waals surface area (Å²) < 4.78 is 24.3. The number of pyridine rings is 1. The van der Waals surface area contributed by atoms with E-state index in [1.54, 1.807) is 0 Å². The fourth-order valence-electron chi connectivity index (χ4n) is 0.746. The lowest BCUT2D eigenvalue weighted by molar-refractivity contribution is -0.109. The van der Waals surface area contributed by atoms with E-state index in [1.807, 2.05) is 4.72 Å². The van der Waals surface area contributed by atoms with E-state index in [9.17, 15) is 13.2 Å². The Kier molecular flexibility index (Phi) is 3.15. The van der Waals surface area contributed by atoms with Gasteiger partial charge in [0, 0.05) is 13.0 Å². The number of halogens is 1. The van der Waals surface area contributed by atoms with Crippen LogP contribution in [0.3, 0.4) is 0 Å². The Labute approximate surface area is 91.5 Å². The van der Waals surface area contributed by atoms with E-state index in [-0.39, 0.29) is 16.5 Å². The van der Waals surface area contributed by atoms with Crippen molar-refractivity contribution in [2.45, 2.75) is 6.92 Å². The molecule has 0 saturated carbocycles. The van der Waals surface area contributed by atoms with Crippen LogP contribution in [0.15, 0.2) is 12.3 Å². The minimum absolute atomic E-state index is 0.0228. The first-order valence-electron chi connectivity index (χ1n) is 3.77. The number of anilines is 2. The molecule has 3 N–H and O–H groups in total. The summed E-state index contributed by atoms with van der Waals surface area (Å²) in [6.45, 7) is 0.932. The number of nitrogens with one attached hydrogen (secondary N) is 1. The Morgan fingerprint density at radius 2 is 2.20 bits per heavy atom. The summed E-state index contributed by atoms with van der Waals surface area (Å²) in [5.74, 6) is 0. The number of rotatable bonds is 2. The highest BCUT2D eigenvalue weighted by atomic mass is 35.5. The maximum absolute atomic E-state index is 11.2. The molecule has 0 aliphatic rings. The summed E-state index contributed by atoms with van der Waals surface area (Å²) in [5.41, 5.74) is 5.59. The van der Waals surface area contributed by atoms with Crippen LogP contribution in [-0.4, -0.2) is 18.5 Å². The van der Waals surface area contributed by atoms with Gasteiger partial charge in [-0.1, -0.05) is 11.6 Å². The van der Waals surface area contributed by atoms with Gasteiger partial charge in [0.15, 0.2) is 0 Å². The zero-order valence-corrected chi connectivity index (χ0v) is 9.26. The van der Waals surface area contributed by atoms with Gasteiger partial charge in [-0.2, -0.15) is 8.42 Å². The van der Waals surface area contributed by atoms with E-state index in [0.29, 0.717) is 0 Å². The fourth-order valence-corrected chi connectivity index (χ4v) is 1.52. The van der Waals surface area contributed by atoms with Gasteiger partial charge in [-0.15, -0.1) is 0 Å². The summed E-state index contributed by atoms with van der Waals surface area (Å²) in [6.07, 6.45) is 1.14. The second-order valence-corrected chi connectivity index (χ2v) is 4.86. The van der Waals surface area contributed by atoms with E-state index < -0.39 is 15.1 Å². The monoisotopic (exact) mass is 249 g/mol. The number of hydrogen-bond donors (Lipinski definition) is 2. The van der Waals surface area contributed by atoms with Gasteiger partial charge >= 0.3 is 0 Å². The molecule has 0 bridgehead atoms. The maximum atomic E-state index is 11.2. The largest absolute Gasteiger partial charge is 0.397 e. The summed E-state index contributed by atoms with van der Waals surface area (Å²) in [7, 11) is -4.04. The third-order valence-electron chi connectivity index (χ3n) is 1.53. The summed E-state index contributed by atoms with van der Waals surface area (Å²) in [6, 6.07) is 1.28. The topological polar surface area (TPSA) is 102 Å². The van der Waals surface area contributed by atoms with Crippen molar-refractivity contribution in [2.24, 2.45) is 0 Å². The molecule has 0 unspecified atom stereocenters. The molecule has 0 saturated heterocycles. The molecular formula is C7H8ClN3O3S. The van der Waals surface area contributed by atoms with Gasteiger partial charge in [-0.3, -0.25) is 9.52 Å². The molecule has 6 nitrogen and oxygen atoms in total. The molecule has 1 aromatic rings. The van der Waals surface area contributed by atoms with Gasteiger partial charge in [0.1, 0.15) is 5.15 Å². The van der Waals surface area contributed by atoms with Crippen LogP contribution in [0.4, 0.5) is 11.4 Å². The number of aromatic nitrogens is 1. The molecule has 0 spiro atoms. The van der Waals surface area contributed by atoms with Crippen LogP contribution in [-0.2, 0) is 14.8 Å². The second kappa shape index (κ2) is 4.03. The molecule has 82 valence electrons. The number of nitrogens with two attached hydrogens (primary N) is 1. The van der Waals surface area contributed by atoms with E-state index >= 15 is 0 Å². The van der Waals surface area contributed by atoms with Gasteiger partial charge < -0.3 is 5.73 Å². The lowest BCUT2D eigenvalue weighted by Crippen LogP contribution is -2.20. The Balaban J connectivity index is 3.06. The van der Waals surface area contributed by atoms with Crippen LogP contribution in [0.2, 0.25) is 5.15 Å². The number of sulfonamides is 1. The maximum Gasteiger partial charge on any atom is 0.295 e. The highest BCUT2D eigenvalue weighted by Gasteiger charge is 2.17. The van der Waals surface area contributed by atoms with Gasteiger partial charge in [0.05, 0.1) is 17.6 Å². The summed E-state index contributed by atoms with van der Waals surface area (Å²) in [4.78, 5) is 14.3. The Morgan fingerprint density at radius 3 is 2.67 bits per heavy atom. The lowest BCUT2D eigenvalue weighted by atomic mass is 10.4. The van der Waals surface area contributed by atoms with Crippen molar-refractivity contribution < 1.29 is 13.2 Å². The van der Waals surface area contributed by atoms with Crippen LogP contribution >= 0.6 is 11.6 Å². The molecule has 0 amide bonds. The van der Waals surface area contributed by atoms with Crippen molar-refractivity contribution in [3.8, 4) is 0 Å². The highest BCUT2D eigenvalue weighted by Crippen LogP contribution is 2.21. The zero-order valence-electron chi connectivity index (χ0n) is 7.69. The normalized spacial score (nSPS) is 11.1. The Morgan fingerprint density at radius 1 is 1.60 bits per heavy atom. The van der Waals surface area contributed by atoms with Crippen molar-refractivity contribution in [1.82, 2.24) is 4.98 Å². The second-order valence-electron chi connectivity index (χ2n) is 2.69. The molecule has 15 heavy (non-hydrogen) atoms. The smallest absolute Gasteiger partial charge is 0.295 e. The number of carbonyl (C=O) groups is 1. The van der Waals surface area contributed by atoms with Crippen LogP contribution < -0.4 is 10.5 Å². The third-order valence-corrected chi connectivity index (χ3v) is 2.98. The fraction of sp³-hybridized carbons (Fsp3) is 0.143. The molecule has 0 atom stereocenters. The highest BCUT2D eigenvalue weighted by molar-refractivity contribution is 8.07. The van der Waals surface area contributed by atoms with Crippen molar-refractivity contribution in [1.29, 1.82) is 0 Å². The van der Waals surface area contributed by atoms with E-state index in [4.69, 9.17) is 17.3 Å². The van der Waals surface area contributed by atoms with Crippen LogP contribution in [0.5, 0.6) is 0 Å². The van der Waals surface area contributed by atoms with Crippen molar-refractivity contribution in [3.05, 3.63) is 17.4 Å². The molecule has 0 fully saturated rings. The molecule has 1 heterocycles. The minimum Gasteiger partial charge on any atom is -0.397 e. The standard InChI is InChI=1S/C7H8ClN3O3S/c1-4(12)15(13,14)11-6-3-10-7(8)2-5(6)9/h2-3,11H,1H3,(H2,9,10). The predicted octanol–water partition coefficient (Wildman–Crippen LogP) is 0.605. The lowest BCUT2D eigenvalue weighted by Gasteiger charge is -2.07. The van der Waals surface area contributed by atoms with E-state index in [2.05, 4.69) is 4.98 Å². The molecule has 0 aliphatic carbocycles. The molecule has 0 aromatic carbocycles. The SMILES string of the molecule is CC(=O)S(=O)(=O)Nc1cnc(Cl)cc1N. The van der Waals surface area contributed by atoms with Crippen LogP contribution in [0, 0.1) is 0 Å². The average molecular weight is 250 g/mol.